The number of hydrogen-bond donors (Lipinski definition) is 2. The lowest BCUT2D eigenvalue weighted by Crippen LogP contribution is -2.25. The number of halogens is 2. The molecular weight excluding hydrogens is 543 g/mol. The van der Waals surface area contributed by atoms with Crippen molar-refractivity contribution in [2.24, 2.45) is 5.10 Å². The number of carbonyl (C=O) groups is 3. The molecule has 0 spiro atoms. The lowest BCUT2D eigenvalue weighted by atomic mass is 10.1. The Labute approximate surface area is 233 Å². The van der Waals surface area contributed by atoms with Crippen molar-refractivity contribution >= 4 is 47.3 Å². The van der Waals surface area contributed by atoms with Crippen molar-refractivity contribution in [1.29, 1.82) is 0 Å². The minimum absolute atomic E-state index is 0.00189. The summed E-state index contributed by atoms with van der Waals surface area (Å²) in [6, 6.07) is 24.8. The van der Waals surface area contributed by atoms with Crippen LogP contribution in [-0.4, -0.2) is 29.2 Å². The molecule has 0 unspecified atom stereocenters. The molecule has 196 valence electrons. The number of esters is 2. The Balaban J connectivity index is 1.54. The van der Waals surface area contributed by atoms with Crippen molar-refractivity contribution in [2.75, 3.05) is 0 Å². The number of amides is 1. The van der Waals surface area contributed by atoms with Gasteiger partial charge in [0.2, 0.25) is 0 Å². The van der Waals surface area contributed by atoms with Gasteiger partial charge in [-0.15, -0.1) is 0 Å². The fraction of sp³-hybridized carbons (Fsp3) is 0.0345. The third-order valence-electron chi connectivity index (χ3n) is 5.30. The first kappa shape index (κ1) is 27.5. The predicted molar refractivity (Wildman–Crippen MR) is 146 cm³/mol. The predicted octanol–water partition coefficient (Wildman–Crippen LogP) is 5.62. The summed E-state index contributed by atoms with van der Waals surface area (Å²) in [5.41, 5.74) is 3.42. The second-order valence-electron chi connectivity index (χ2n) is 8.04. The molecule has 2 N–H and O–H groups in total. The van der Waals surface area contributed by atoms with Gasteiger partial charge < -0.3 is 14.6 Å². The van der Waals surface area contributed by atoms with Crippen LogP contribution in [0.1, 0.15) is 37.9 Å². The van der Waals surface area contributed by atoms with E-state index in [4.69, 9.17) is 32.7 Å². The summed E-state index contributed by atoms with van der Waals surface area (Å²) in [4.78, 5) is 37.6. The average Bonchev–Trinajstić information content (AvgIpc) is 2.94. The van der Waals surface area contributed by atoms with Crippen LogP contribution in [0.25, 0.3) is 0 Å². The Morgan fingerprint density at radius 1 is 0.769 bits per heavy atom. The first-order chi connectivity index (χ1) is 18.8. The molecule has 0 aliphatic carbocycles. The Kier molecular flexibility index (Phi) is 9.06. The number of nitrogens with one attached hydrogen (secondary N) is 1. The van der Waals surface area contributed by atoms with Crippen LogP contribution >= 0.6 is 23.2 Å². The first-order valence-corrected chi connectivity index (χ1v) is 12.2. The third-order valence-corrected chi connectivity index (χ3v) is 5.80. The summed E-state index contributed by atoms with van der Waals surface area (Å²) in [5, 5.41) is 15.0. The van der Waals surface area contributed by atoms with Gasteiger partial charge in [0.15, 0.2) is 6.10 Å². The molecule has 4 aromatic rings. The van der Waals surface area contributed by atoms with E-state index in [0.717, 1.165) is 0 Å². The van der Waals surface area contributed by atoms with Crippen LogP contribution in [-0.2, 0) is 4.79 Å². The van der Waals surface area contributed by atoms with E-state index in [1.807, 2.05) is 0 Å². The van der Waals surface area contributed by atoms with Gasteiger partial charge in [0.05, 0.1) is 17.3 Å². The number of nitrogens with zero attached hydrogens (tertiary/aromatic N) is 1. The van der Waals surface area contributed by atoms with E-state index in [9.17, 15) is 19.5 Å². The SMILES string of the molecule is O=C(Oc1ccc(/C=N\NC(=O)[C@@H](O)c2ccccc2)c(OC(=O)c2ccc(Cl)cc2)c1)c1ccc(Cl)cc1. The van der Waals surface area contributed by atoms with Crippen LogP contribution in [0.5, 0.6) is 11.5 Å². The summed E-state index contributed by atoms with van der Waals surface area (Å²) in [6.07, 6.45) is -0.203. The Bertz CT molecular complexity index is 1510. The first-order valence-electron chi connectivity index (χ1n) is 11.5. The maximum atomic E-state index is 12.8. The number of rotatable bonds is 8. The van der Waals surface area contributed by atoms with Crippen LogP contribution in [0.4, 0.5) is 0 Å². The smallest absolute Gasteiger partial charge is 0.343 e. The molecule has 0 saturated heterocycles. The fourth-order valence-electron chi connectivity index (χ4n) is 3.28. The number of hydrazone groups is 1. The summed E-state index contributed by atoms with van der Waals surface area (Å²) < 4.78 is 11.0. The van der Waals surface area contributed by atoms with Crippen LogP contribution in [0.3, 0.4) is 0 Å². The maximum absolute atomic E-state index is 12.8. The van der Waals surface area contributed by atoms with Crippen molar-refractivity contribution in [3.8, 4) is 11.5 Å². The standard InChI is InChI=1S/C29H20Cl2N2O6/c30-22-11-6-19(7-12-22)28(36)38-24-15-10-21(17-32-33-27(35)26(34)18-4-2-1-3-5-18)25(16-24)39-29(37)20-8-13-23(31)14-9-20/h1-17,26,34H,(H,33,35)/b32-17-/t26-/m0/s1. The molecule has 4 rings (SSSR count). The molecule has 4 aromatic carbocycles. The van der Waals surface area contributed by atoms with Crippen molar-refractivity contribution < 1.29 is 29.0 Å². The van der Waals surface area contributed by atoms with Gasteiger partial charge >= 0.3 is 11.9 Å². The molecule has 39 heavy (non-hydrogen) atoms. The zero-order valence-electron chi connectivity index (χ0n) is 20.1. The molecule has 0 saturated carbocycles. The maximum Gasteiger partial charge on any atom is 0.343 e. The molecule has 1 amide bonds. The van der Waals surface area contributed by atoms with Crippen molar-refractivity contribution in [3.05, 3.63) is 129 Å². The van der Waals surface area contributed by atoms with Crippen molar-refractivity contribution in [1.82, 2.24) is 5.43 Å². The topological polar surface area (TPSA) is 114 Å². The normalized spacial score (nSPS) is 11.6. The van der Waals surface area contributed by atoms with Crippen LogP contribution in [0, 0.1) is 0 Å². The van der Waals surface area contributed by atoms with Gasteiger partial charge in [0.1, 0.15) is 11.5 Å². The van der Waals surface area contributed by atoms with E-state index in [-0.39, 0.29) is 28.2 Å². The van der Waals surface area contributed by atoms with Gasteiger partial charge in [0.25, 0.3) is 5.91 Å². The number of hydrogen-bond acceptors (Lipinski definition) is 7. The quantitative estimate of drug-likeness (QED) is 0.125. The highest BCUT2D eigenvalue weighted by molar-refractivity contribution is 6.31. The van der Waals surface area contributed by atoms with Gasteiger partial charge in [-0.1, -0.05) is 53.5 Å². The molecule has 0 aliphatic heterocycles. The van der Waals surface area contributed by atoms with E-state index < -0.39 is 23.9 Å². The highest BCUT2D eigenvalue weighted by Gasteiger charge is 2.17. The largest absolute Gasteiger partial charge is 0.423 e. The zero-order chi connectivity index (χ0) is 27.8. The number of ether oxygens (including phenoxy) is 2. The third kappa shape index (κ3) is 7.52. The molecule has 0 aromatic heterocycles. The molecule has 0 fully saturated rings. The average molecular weight is 563 g/mol. The van der Waals surface area contributed by atoms with Crippen LogP contribution in [0.2, 0.25) is 10.0 Å². The number of aliphatic hydroxyl groups is 1. The van der Waals surface area contributed by atoms with Crippen LogP contribution < -0.4 is 14.9 Å². The summed E-state index contributed by atoms with van der Waals surface area (Å²) in [7, 11) is 0. The zero-order valence-corrected chi connectivity index (χ0v) is 21.6. The lowest BCUT2D eigenvalue weighted by molar-refractivity contribution is -0.129. The van der Waals surface area contributed by atoms with E-state index >= 15 is 0 Å². The van der Waals surface area contributed by atoms with Gasteiger partial charge in [-0.2, -0.15) is 5.10 Å². The molecule has 10 heteroatoms. The van der Waals surface area contributed by atoms with Crippen LogP contribution in [0.15, 0.2) is 102 Å². The monoisotopic (exact) mass is 562 g/mol. The Hall–Kier alpha value is -4.50. The Morgan fingerprint density at radius 2 is 1.33 bits per heavy atom. The van der Waals surface area contributed by atoms with Gasteiger partial charge in [-0.25, -0.2) is 15.0 Å². The Morgan fingerprint density at radius 3 is 1.92 bits per heavy atom. The minimum atomic E-state index is -1.43. The molecule has 1 atom stereocenters. The van der Waals surface area contributed by atoms with E-state index in [1.54, 1.807) is 54.6 Å². The molecular formula is C29H20Cl2N2O6. The second kappa shape index (κ2) is 12.8. The molecule has 0 aliphatic rings. The molecule has 8 nitrogen and oxygen atoms in total. The van der Waals surface area contributed by atoms with Gasteiger partial charge in [-0.3, -0.25) is 4.79 Å². The fourth-order valence-corrected chi connectivity index (χ4v) is 3.54. The van der Waals surface area contributed by atoms with Gasteiger partial charge in [-0.05, 0) is 66.2 Å². The van der Waals surface area contributed by atoms with E-state index in [1.165, 1.54) is 48.7 Å². The van der Waals surface area contributed by atoms with E-state index in [2.05, 4.69) is 10.5 Å². The van der Waals surface area contributed by atoms with Crippen molar-refractivity contribution in [3.63, 3.8) is 0 Å². The summed E-state index contributed by atoms with van der Waals surface area (Å²) in [5.74, 6) is -2.02. The van der Waals surface area contributed by atoms with Gasteiger partial charge in [0, 0.05) is 21.7 Å². The summed E-state index contributed by atoms with van der Waals surface area (Å²) in [6.45, 7) is 0. The second-order valence-corrected chi connectivity index (χ2v) is 8.91. The molecule has 0 heterocycles. The number of benzene rings is 4. The minimum Gasteiger partial charge on any atom is -0.423 e. The highest BCUT2D eigenvalue weighted by atomic mass is 35.5. The molecule has 0 radical (unpaired) electrons. The number of aliphatic hydroxyl groups excluding tert-OH is 1. The summed E-state index contributed by atoms with van der Waals surface area (Å²) >= 11 is 11.8. The lowest BCUT2D eigenvalue weighted by Gasteiger charge is -2.11. The van der Waals surface area contributed by atoms with Crippen molar-refractivity contribution in [2.45, 2.75) is 6.10 Å². The van der Waals surface area contributed by atoms with E-state index in [0.29, 0.717) is 15.6 Å². The molecule has 0 bridgehead atoms. The highest BCUT2D eigenvalue weighted by Crippen LogP contribution is 2.26. The number of carbonyl (C=O) groups excluding carboxylic acids is 3.